The molecule has 0 spiro atoms. The minimum absolute atomic E-state index is 0.0974. The summed E-state index contributed by atoms with van der Waals surface area (Å²) in [7, 11) is 0. The van der Waals surface area contributed by atoms with Crippen molar-refractivity contribution in [1.82, 2.24) is 20.2 Å². The Morgan fingerprint density at radius 2 is 1.23 bits per heavy atom. The zero-order chi connectivity index (χ0) is 26.5. The van der Waals surface area contributed by atoms with Gasteiger partial charge in [-0.05, 0) is 77.4 Å². The molecule has 0 aliphatic heterocycles. The van der Waals surface area contributed by atoms with Crippen LogP contribution < -0.4 is 0 Å². The molecule has 0 bridgehead atoms. The Labute approximate surface area is 238 Å². The molecule has 0 aliphatic carbocycles. The first-order valence-corrected chi connectivity index (χ1v) is 13.4. The Kier molecular flexibility index (Phi) is 5.93. The van der Waals surface area contributed by atoms with E-state index in [4.69, 9.17) is 39.2 Å². The maximum atomic E-state index is 6.41. The second-order valence-electron chi connectivity index (χ2n) is 9.32. The molecular formula is C31H19Cl3N4O. The number of aromatic amines is 2. The van der Waals surface area contributed by atoms with Gasteiger partial charge in [-0.25, -0.2) is 0 Å². The fourth-order valence-electron chi connectivity index (χ4n) is 5.13. The molecule has 0 unspecified atom stereocenters. The molecule has 4 aromatic carbocycles. The highest BCUT2D eigenvalue weighted by atomic mass is 35.5. The molecule has 0 radical (unpaired) electrons. The summed E-state index contributed by atoms with van der Waals surface area (Å²) in [5, 5.41) is 12.5. The Morgan fingerprint density at radius 1 is 0.641 bits per heavy atom. The Bertz CT molecular complexity index is 1890. The third kappa shape index (κ3) is 4.29. The van der Waals surface area contributed by atoms with Gasteiger partial charge in [0.1, 0.15) is 0 Å². The van der Waals surface area contributed by atoms with Crippen LogP contribution in [-0.4, -0.2) is 20.2 Å². The van der Waals surface area contributed by atoms with Crippen LogP contribution in [0.15, 0.2) is 102 Å². The van der Waals surface area contributed by atoms with Crippen LogP contribution in [0.1, 0.15) is 22.6 Å². The molecule has 0 saturated heterocycles. The molecule has 7 aromatic rings. The number of aromatic nitrogens is 4. The first-order valence-electron chi connectivity index (χ1n) is 12.3. The highest BCUT2D eigenvalue weighted by Crippen LogP contribution is 2.41. The lowest BCUT2D eigenvalue weighted by atomic mass is 9.84. The third-order valence-electron chi connectivity index (χ3n) is 6.99. The smallest absolute Gasteiger partial charge is 0.249 e. The van der Waals surface area contributed by atoms with Crippen LogP contribution >= 0.6 is 34.8 Å². The zero-order valence-corrected chi connectivity index (χ0v) is 22.5. The number of nitrogens with one attached hydrogen (secondary N) is 2. The lowest BCUT2D eigenvalue weighted by Gasteiger charge is -2.18. The van der Waals surface area contributed by atoms with Crippen LogP contribution in [0.5, 0.6) is 0 Å². The van der Waals surface area contributed by atoms with Gasteiger partial charge in [0, 0.05) is 55.7 Å². The van der Waals surface area contributed by atoms with Crippen molar-refractivity contribution in [3.05, 3.63) is 129 Å². The fourth-order valence-corrected chi connectivity index (χ4v) is 5.70. The number of rotatable bonds is 5. The van der Waals surface area contributed by atoms with Crippen molar-refractivity contribution in [3.8, 4) is 22.9 Å². The molecule has 2 N–H and O–H groups in total. The molecule has 190 valence electrons. The molecule has 5 nitrogen and oxygen atoms in total. The molecule has 3 aromatic heterocycles. The van der Waals surface area contributed by atoms with Gasteiger partial charge in [0.15, 0.2) is 0 Å². The molecule has 39 heavy (non-hydrogen) atoms. The maximum Gasteiger partial charge on any atom is 0.249 e. The fraction of sp³-hybridized carbons (Fsp3) is 0.0323. The van der Waals surface area contributed by atoms with Crippen molar-refractivity contribution < 1.29 is 4.42 Å². The number of benzene rings is 4. The summed E-state index contributed by atoms with van der Waals surface area (Å²) in [5.41, 5.74) is 6.86. The predicted octanol–water partition coefficient (Wildman–Crippen LogP) is 9.51. The largest absolute Gasteiger partial charge is 0.416 e. The average Bonchev–Trinajstić information content (AvgIpc) is 3.69. The van der Waals surface area contributed by atoms with Crippen molar-refractivity contribution in [2.75, 3.05) is 0 Å². The van der Waals surface area contributed by atoms with E-state index in [1.165, 1.54) is 0 Å². The second-order valence-corrected chi connectivity index (χ2v) is 10.6. The quantitative estimate of drug-likeness (QED) is 0.217. The number of hydrogen-bond donors (Lipinski definition) is 2. The normalized spacial score (nSPS) is 11.7. The molecular weight excluding hydrogens is 551 g/mol. The molecule has 0 saturated carbocycles. The number of fused-ring (bicyclic) bond motifs is 2. The van der Waals surface area contributed by atoms with Gasteiger partial charge in [0.25, 0.3) is 0 Å². The highest BCUT2D eigenvalue weighted by Gasteiger charge is 2.24. The van der Waals surface area contributed by atoms with Gasteiger partial charge >= 0.3 is 0 Å². The van der Waals surface area contributed by atoms with Gasteiger partial charge in [0.05, 0.1) is 10.6 Å². The van der Waals surface area contributed by atoms with Crippen LogP contribution in [0, 0.1) is 0 Å². The lowest BCUT2D eigenvalue weighted by Crippen LogP contribution is -2.02. The van der Waals surface area contributed by atoms with E-state index in [1.54, 1.807) is 6.07 Å². The van der Waals surface area contributed by atoms with E-state index < -0.39 is 0 Å². The molecule has 8 heteroatoms. The molecule has 0 amide bonds. The SMILES string of the molecule is Clc1ccc2[nH]cc(C(c3ccc(-c4nnc(-c5ccccc5Cl)o4)cc3)c3c[nH]c4ccc(Cl)cc34)c2c1. The van der Waals surface area contributed by atoms with Crippen LogP contribution in [0.4, 0.5) is 0 Å². The van der Waals surface area contributed by atoms with Crippen molar-refractivity contribution in [3.63, 3.8) is 0 Å². The van der Waals surface area contributed by atoms with Crippen molar-refractivity contribution >= 4 is 56.6 Å². The summed E-state index contributed by atoms with van der Waals surface area (Å²) in [6, 6.07) is 27.4. The molecule has 0 atom stereocenters. The zero-order valence-electron chi connectivity index (χ0n) is 20.3. The average molecular weight is 570 g/mol. The minimum atomic E-state index is -0.0974. The van der Waals surface area contributed by atoms with Crippen molar-refractivity contribution in [1.29, 1.82) is 0 Å². The number of halogens is 3. The first kappa shape index (κ1) is 24.0. The topological polar surface area (TPSA) is 70.5 Å². The molecule has 7 rings (SSSR count). The Hall–Kier alpha value is -4.03. The van der Waals surface area contributed by atoms with Crippen LogP contribution in [0.25, 0.3) is 44.7 Å². The Morgan fingerprint density at radius 3 is 1.85 bits per heavy atom. The van der Waals surface area contributed by atoms with Gasteiger partial charge in [-0.3, -0.25) is 0 Å². The van der Waals surface area contributed by atoms with Crippen molar-refractivity contribution in [2.45, 2.75) is 5.92 Å². The van der Waals surface area contributed by atoms with Gasteiger partial charge < -0.3 is 14.4 Å². The van der Waals surface area contributed by atoms with Gasteiger partial charge in [-0.2, -0.15) is 0 Å². The third-order valence-corrected chi connectivity index (χ3v) is 7.79. The predicted molar refractivity (Wildman–Crippen MR) is 158 cm³/mol. The van der Waals surface area contributed by atoms with E-state index in [1.807, 2.05) is 66.7 Å². The van der Waals surface area contributed by atoms with Crippen LogP contribution in [-0.2, 0) is 0 Å². The standard InChI is InChI=1S/C31H19Cl3N4O/c32-19-9-11-27-22(13-19)24(15-35-27)29(25-16-36-28-12-10-20(33)14-23(25)28)17-5-7-18(8-6-17)30-37-38-31(39-30)21-3-1-2-4-26(21)34/h1-16,29,35-36H. The van der Waals surface area contributed by atoms with Crippen LogP contribution in [0.3, 0.4) is 0 Å². The molecule has 3 heterocycles. The van der Waals surface area contributed by atoms with E-state index in [2.05, 4.69) is 44.7 Å². The maximum absolute atomic E-state index is 6.41. The van der Waals surface area contributed by atoms with E-state index in [9.17, 15) is 0 Å². The van der Waals surface area contributed by atoms with E-state index in [0.717, 1.165) is 44.1 Å². The van der Waals surface area contributed by atoms with Gasteiger partial charge in [-0.15, -0.1) is 10.2 Å². The summed E-state index contributed by atoms with van der Waals surface area (Å²) in [4.78, 5) is 6.82. The number of hydrogen-bond acceptors (Lipinski definition) is 3. The summed E-state index contributed by atoms with van der Waals surface area (Å²) >= 11 is 19.1. The van der Waals surface area contributed by atoms with E-state index in [-0.39, 0.29) is 5.92 Å². The molecule has 0 aliphatic rings. The van der Waals surface area contributed by atoms with Crippen molar-refractivity contribution in [2.24, 2.45) is 0 Å². The summed E-state index contributed by atoms with van der Waals surface area (Å²) in [5.74, 6) is 0.703. The highest BCUT2D eigenvalue weighted by molar-refractivity contribution is 6.33. The monoisotopic (exact) mass is 568 g/mol. The summed E-state index contributed by atoms with van der Waals surface area (Å²) in [6.45, 7) is 0. The Balaban J connectivity index is 1.34. The second kappa shape index (κ2) is 9.62. The number of nitrogens with zero attached hydrogens (tertiary/aromatic N) is 2. The van der Waals surface area contributed by atoms with Gasteiger partial charge in [0.2, 0.25) is 11.8 Å². The van der Waals surface area contributed by atoms with Gasteiger partial charge in [-0.1, -0.05) is 59.1 Å². The van der Waals surface area contributed by atoms with E-state index >= 15 is 0 Å². The summed E-state index contributed by atoms with van der Waals surface area (Å²) in [6.07, 6.45) is 4.10. The minimum Gasteiger partial charge on any atom is -0.416 e. The lowest BCUT2D eigenvalue weighted by molar-refractivity contribution is 0.584. The first-order chi connectivity index (χ1) is 19.0. The van der Waals surface area contributed by atoms with E-state index in [0.29, 0.717) is 32.4 Å². The number of H-pyrrole nitrogens is 2. The summed E-state index contributed by atoms with van der Waals surface area (Å²) < 4.78 is 5.98. The molecule has 0 fully saturated rings. The van der Waals surface area contributed by atoms with Crippen LogP contribution in [0.2, 0.25) is 15.1 Å².